The van der Waals surface area contributed by atoms with Gasteiger partial charge in [-0.3, -0.25) is 9.59 Å². The number of rotatable bonds is 5. The minimum absolute atomic E-state index is 0.0252. The monoisotopic (exact) mass is 481 g/mol. The summed E-state index contributed by atoms with van der Waals surface area (Å²) in [6.45, 7) is 1.13. The molecule has 2 atom stereocenters. The number of carbonyl (C=O) groups is 2. The topological polar surface area (TPSA) is 101 Å². The van der Waals surface area contributed by atoms with Crippen LogP contribution in [0.25, 0.3) is 0 Å². The zero-order chi connectivity index (χ0) is 23.8. The van der Waals surface area contributed by atoms with Gasteiger partial charge in [-0.1, -0.05) is 11.6 Å². The van der Waals surface area contributed by atoms with Crippen LogP contribution in [0.1, 0.15) is 25.3 Å². The van der Waals surface area contributed by atoms with Gasteiger partial charge < -0.3 is 24.8 Å². The van der Waals surface area contributed by atoms with Crippen molar-refractivity contribution < 1.29 is 33.0 Å². The molecule has 8 nitrogen and oxygen atoms in total. The molecule has 3 heterocycles. The highest BCUT2D eigenvalue weighted by atomic mass is 35.5. The second-order valence-corrected chi connectivity index (χ2v) is 8.53. The summed E-state index contributed by atoms with van der Waals surface area (Å²) in [5.74, 6) is -1.77. The van der Waals surface area contributed by atoms with Crippen LogP contribution in [-0.2, 0) is 20.7 Å². The summed E-state index contributed by atoms with van der Waals surface area (Å²) < 4.78 is 39.7. The molecule has 0 spiro atoms. The third kappa shape index (κ3) is 4.86. The summed E-state index contributed by atoms with van der Waals surface area (Å²) in [5.41, 5.74) is -1.04. The maximum atomic E-state index is 14.4. The second-order valence-electron chi connectivity index (χ2n) is 8.09. The molecule has 1 aromatic carbocycles. The summed E-state index contributed by atoms with van der Waals surface area (Å²) in [4.78, 5) is 28.9. The van der Waals surface area contributed by atoms with Crippen LogP contribution in [-0.4, -0.2) is 53.4 Å². The number of aromatic nitrogens is 1. The number of benzene rings is 1. The Morgan fingerprint density at radius 2 is 2.15 bits per heavy atom. The quantitative estimate of drug-likeness (QED) is 0.633. The molecule has 1 saturated heterocycles. The third-order valence-electron chi connectivity index (χ3n) is 5.76. The van der Waals surface area contributed by atoms with Gasteiger partial charge in [0.1, 0.15) is 23.8 Å². The molecule has 4 rings (SSSR count). The van der Waals surface area contributed by atoms with Crippen LogP contribution in [0.5, 0.6) is 5.75 Å². The zero-order valence-corrected chi connectivity index (χ0v) is 18.5. The summed E-state index contributed by atoms with van der Waals surface area (Å²) in [6, 6.07) is 3.73. The molecular formula is C22H22ClF2N3O5. The van der Waals surface area contributed by atoms with E-state index in [2.05, 4.69) is 10.3 Å². The maximum absolute atomic E-state index is 14.4. The number of pyridine rings is 1. The van der Waals surface area contributed by atoms with Crippen LogP contribution >= 0.6 is 11.6 Å². The van der Waals surface area contributed by atoms with E-state index in [1.54, 1.807) is 4.90 Å². The highest BCUT2D eigenvalue weighted by molar-refractivity contribution is 6.30. The molecule has 0 saturated carbocycles. The lowest BCUT2D eigenvalue weighted by Gasteiger charge is -2.43. The van der Waals surface area contributed by atoms with E-state index in [4.69, 9.17) is 21.1 Å². The van der Waals surface area contributed by atoms with E-state index in [-0.39, 0.29) is 61.4 Å². The Morgan fingerprint density at radius 3 is 2.88 bits per heavy atom. The van der Waals surface area contributed by atoms with E-state index < -0.39 is 29.3 Å². The molecule has 0 bridgehead atoms. The smallest absolute Gasteiger partial charge is 0.303 e. The van der Waals surface area contributed by atoms with Crippen molar-refractivity contribution in [1.29, 1.82) is 0 Å². The zero-order valence-electron chi connectivity index (χ0n) is 17.7. The minimum atomic E-state index is -1.59. The predicted octanol–water partition coefficient (Wildman–Crippen LogP) is 2.85. The number of anilines is 2. The Balaban J connectivity index is 1.54. The standard InChI is InChI=1S/C22H22ClF2N3O5/c1-12(29)33-18-10-28(21-16(25)8-13(23)9-26-21)7-6-22(18,31)11-32-17-4-3-15(24)20-14(17)2-5-19(30)27-20/h3-4,8-9,18,31H,2,5-7,10-11H2,1H3,(H,27,30). The average molecular weight is 482 g/mol. The highest BCUT2D eigenvalue weighted by Crippen LogP contribution is 2.35. The molecule has 2 aliphatic rings. The highest BCUT2D eigenvalue weighted by Gasteiger charge is 2.45. The Kier molecular flexibility index (Phi) is 6.40. The molecular weight excluding hydrogens is 460 g/mol. The summed E-state index contributed by atoms with van der Waals surface area (Å²) in [7, 11) is 0. The fraction of sp³-hybridized carbons (Fsp3) is 0.409. The van der Waals surface area contributed by atoms with Gasteiger partial charge in [-0.25, -0.2) is 13.8 Å². The molecule has 0 aliphatic carbocycles. The minimum Gasteiger partial charge on any atom is -0.490 e. The number of fused-ring (bicyclic) bond motifs is 1. The molecule has 1 amide bonds. The Labute approximate surface area is 193 Å². The number of ether oxygens (including phenoxy) is 2. The van der Waals surface area contributed by atoms with Crippen LogP contribution in [0.4, 0.5) is 20.3 Å². The molecule has 2 aliphatic heterocycles. The van der Waals surface area contributed by atoms with Crippen molar-refractivity contribution in [2.75, 3.05) is 29.9 Å². The number of hydrogen-bond donors (Lipinski definition) is 2. The Bertz CT molecular complexity index is 1100. The number of esters is 1. The van der Waals surface area contributed by atoms with Crippen LogP contribution in [0.15, 0.2) is 24.4 Å². The third-order valence-corrected chi connectivity index (χ3v) is 5.97. The first-order chi connectivity index (χ1) is 15.7. The van der Waals surface area contributed by atoms with Crippen molar-refractivity contribution in [3.8, 4) is 5.75 Å². The van der Waals surface area contributed by atoms with E-state index in [0.29, 0.717) is 11.3 Å². The number of amides is 1. The molecule has 176 valence electrons. The van der Waals surface area contributed by atoms with Crippen LogP contribution in [0.2, 0.25) is 5.02 Å². The number of hydrogen-bond acceptors (Lipinski definition) is 7. The van der Waals surface area contributed by atoms with E-state index in [9.17, 15) is 23.5 Å². The van der Waals surface area contributed by atoms with Gasteiger partial charge in [0, 0.05) is 38.1 Å². The van der Waals surface area contributed by atoms with Gasteiger partial charge >= 0.3 is 5.97 Å². The van der Waals surface area contributed by atoms with Gasteiger partial charge in [-0.2, -0.15) is 0 Å². The normalized spacial score (nSPS) is 22.4. The molecule has 1 fully saturated rings. The van der Waals surface area contributed by atoms with Gasteiger partial charge in [-0.05, 0) is 24.6 Å². The largest absolute Gasteiger partial charge is 0.490 e. The van der Waals surface area contributed by atoms with Crippen molar-refractivity contribution in [2.45, 2.75) is 37.9 Å². The predicted molar refractivity (Wildman–Crippen MR) is 115 cm³/mol. The molecule has 33 heavy (non-hydrogen) atoms. The first-order valence-corrected chi connectivity index (χ1v) is 10.7. The van der Waals surface area contributed by atoms with E-state index in [0.717, 1.165) is 6.07 Å². The molecule has 2 aromatic rings. The number of halogens is 3. The van der Waals surface area contributed by atoms with Gasteiger partial charge in [-0.15, -0.1) is 0 Å². The van der Waals surface area contributed by atoms with Gasteiger partial charge in [0.25, 0.3) is 0 Å². The first-order valence-electron chi connectivity index (χ1n) is 10.4. The van der Waals surface area contributed by atoms with Crippen molar-refractivity contribution in [3.05, 3.63) is 46.6 Å². The molecule has 2 N–H and O–H groups in total. The van der Waals surface area contributed by atoms with Crippen molar-refractivity contribution in [2.24, 2.45) is 0 Å². The number of nitrogens with one attached hydrogen (secondary N) is 1. The lowest BCUT2D eigenvalue weighted by atomic mass is 9.89. The Morgan fingerprint density at radius 1 is 1.36 bits per heavy atom. The molecule has 11 heteroatoms. The van der Waals surface area contributed by atoms with Crippen LogP contribution in [0, 0.1) is 11.6 Å². The first kappa shape index (κ1) is 23.2. The number of carbonyl (C=O) groups excluding carboxylic acids is 2. The van der Waals surface area contributed by atoms with Crippen LogP contribution < -0.4 is 15.0 Å². The Hall–Kier alpha value is -2.98. The summed E-state index contributed by atoms with van der Waals surface area (Å²) in [6.07, 6.45) is 0.809. The lowest BCUT2D eigenvalue weighted by Crippen LogP contribution is -2.60. The molecule has 2 unspecified atom stereocenters. The van der Waals surface area contributed by atoms with Crippen molar-refractivity contribution in [3.63, 3.8) is 0 Å². The van der Waals surface area contributed by atoms with E-state index in [1.165, 1.54) is 25.3 Å². The molecule has 0 radical (unpaired) electrons. The van der Waals surface area contributed by atoms with Crippen molar-refractivity contribution in [1.82, 2.24) is 4.98 Å². The number of nitrogens with zero attached hydrogens (tertiary/aromatic N) is 2. The van der Waals surface area contributed by atoms with Crippen molar-refractivity contribution >= 4 is 35.0 Å². The average Bonchev–Trinajstić information content (AvgIpc) is 2.75. The van der Waals surface area contributed by atoms with E-state index in [1.807, 2.05) is 0 Å². The number of aliphatic hydroxyl groups is 1. The summed E-state index contributed by atoms with van der Waals surface area (Å²) in [5, 5.41) is 14.0. The lowest BCUT2D eigenvalue weighted by molar-refractivity contribution is -0.169. The molecule has 1 aromatic heterocycles. The summed E-state index contributed by atoms with van der Waals surface area (Å²) >= 11 is 5.77. The SMILES string of the molecule is CC(=O)OC1CN(c2ncc(Cl)cc2F)CCC1(O)COc1ccc(F)c2c1CCC(=O)N2. The van der Waals surface area contributed by atoms with E-state index >= 15 is 0 Å². The fourth-order valence-corrected chi connectivity index (χ4v) is 4.20. The van der Waals surface area contributed by atoms with Gasteiger partial charge in [0.15, 0.2) is 17.7 Å². The number of piperidine rings is 1. The van der Waals surface area contributed by atoms with Crippen LogP contribution in [0.3, 0.4) is 0 Å². The van der Waals surface area contributed by atoms with Gasteiger partial charge in [0.2, 0.25) is 5.91 Å². The maximum Gasteiger partial charge on any atom is 0.303 e. The fourth-order valence-electron chi connectivity index (χ4n) is 4.06. The van der Waals surface area contributed by atoms with Gasteiger partial charge in [0.05, 0.1) is 17.3 Å². The second kappa shape index (κ2) is 9.11.